The highest BCUT2D eigenvalue weighted by molar-refractivity contribution is 7.52. The SMILES string of the molecule is CC(NP(=O)(OCC1(O)CO[C@@H](n2ccc(=O)[nH]c2=O)[C@]1(C)O)Oc1ccccc1)C(=O)OC1CCCCC1. The monoisotopic (exact) mass is 567 g/mol. The average Bonchev–Trinajstić information content (AvgIpc) is 3.13. The van der Waals surface area contributed by atoms with Crippen molar-refractivity contribution in [3.05, 3.63) is 63.4 Å². The fraction of sp³-hybridized carbons (Fsp3) is 0.560. The molecule has 13 nitrogen and oxygen atoms in total. The van der Waals surface area contributed by atoms with Gasteiger partial charge in [0.2, 0.25) is 0 Å². The van der Waals surface area contributed by atoms with Gasteiger partial charge in [-0.15, -0.1) is 0 Å². The van der Waals surface area contributed by atoms with Crippen LogP contribution in [-0.2, 0) is 23.4 Å². The molecule has 4 N–H and O–H groups in total. The molecule has 2 fully saturated rings. The van der Waals surface area contributed by atoms with Gasteiger partial charge >= 0.3 is 19.4 Å². The number of nitrogens with zero attached hydrogens (tertiary/aromatic N) is 1. The summed E-state index contributed by atoms with van der Waals surface area (Å²) in [5.74, 6) is -0.463. The normalized spacial score (nSPS) is 27.9. The van der Waals surface area contributed by atoms with Gasteiger partial charge in [-0.05, 0) is 51.7 Å². The minimum atomic E-state index is -4.36. The number of aromatic nitrogens is 2. The smallest absolute Gasteiger partial charge is 0.459 e. The number of rotatable bonds is 10. The van der Waals surface area contributed by atoms with E-state index in [2.05, 4.69) is 10.1 Å². The molecule has 0 spiro atoms. The van der Waals surface area contributed by atoms with Crippen LogP contribution in [0.3, 0.4) is 0 Å². The van der Waals surface area contributed by atoms with Crippen LogP contribution in [0.2, 0.25) is 0 Å². The summed E-state index contributed by atoms with van der Waals surface area (Å²) in [5, 5.41) is 25.1. The van der Waals surface area contributed by atoms with Crippen molar-refractivity contribution in [1.82, 2.24) is 14.6 Å². The quantitative estimate of drug-likeness (QED) is 0.242. The number of aromatic amines is 1. The number of nitrogens with one attached hydrogen (secondary N) is 2. The maximum Gasteiger partial charge on any atom is 0.459 e. The van der Waals surface area contributed by atoms with Crippen LogP contribution in [0.1, 0.15) is 52.2 Å². The van der Waals surface area contributed by atoms with Gasteiger partial charge in [-0.25, -0.2) is 9.36 Å². The van der Waals surface area contributed by atoms with E-state index in [9.17, 15) is 29.2 Å². The molecule has 0 bridgehead atoms. The molecule has 0 amide bonds. The third kappa shape index (κ3) is 6.68. The van der Waals surface area contributed by atoms with Gasteiger partial charge < -0.3 is 24.2 Å². The molecule has 1 aliphatic heterocycles. The second-order valence-corrected chi connectivity index (χ2v) is 11.8. The second-order valence-electron chi connectivity index (χ2n) is 10.1. The molecule has 1 saturated heterocycles. The summed E-state index contributed by atoms with van der Waals surface area (Å²) in [6, 6.07) is 8.06. The number of ether oxygens (including phenoxy) is 2. The van der Waals surface area contributed by atoms with Gasteiger partial charge in [-0.3, -0.25) is 23.7 Å². The molecular formula is C25H34N3O10P. The third-order valence-corrected chi connectivity index (χ3v) is 8.61. The Balaban J connectivity index is 1.50. The molecule has 0 radical (unpaired) electrons. The molecule has 214 valence electrons. The number of carbonyl (C=O) groups excluding carboxylic acids is 1. The topological polar surface area (TPSA) is 178 Å². The number of hydrogen-bond donors (Lipinski definition) is 4. The Hall–Kier alpha value is -2.80. The number of aliphatic hydroxyl groups is 2. The molecule has 4 rings (SSSR count). The summed E-state index contributed by atoms with van der Waals surface area (Å²) in [5.41, 5.74) is -5.81. The summed E-state index contributed by atoms with van der Waals surface area (Å²) in [4.78, 5) is 38.5. The van der Waals surface area contributed by atoms with Crippen LogP contribution < -0.4 is 20.9 Å². The average molecular weight is 568 g/mol. The molecule has 1 aromatic heterocycles. The number of H-pyrrole nitrogens is 1. The molecule has 2 heterocycles. The van der Waals surface area contributed by atoms with Gasteiger partial charge in [0, 0.05) is 12.3 Å². The standard InChI is InChI=1S/C25H34N3O10P/c1-17(21(30)37-18-9-5-3-6-10-18)27-39(34,38-19-11-7-4-8-12-19)36-16-25(33)15-35-22(24(25,2)32)28-14-13-20(29)26-23(28)31/h4,7-8,11-14,17-18,22,32-33H,3,5-6,9-10,15-16H2,1-2H3,(H,27,34)(H,26,29,31)/t17?,22-,24+,25?,39?/m1/s1. The molecule has 2 aliphatic rings. The Morgan fingerprint density at radius 3 is 2.56 bits per heavy atom. The molecule has 1 saturated carbocycles. The van der Waals surface area contributed by atoms with E-state index in [1.807, 2.05) is 0 Å². The molecule has 1 aromatic carbocycles. The maximum absolute atomic E-state index is 13.9. The Morgan fingerprint density at radius 2 is 1.90 bits per heavy atom. The first-order valence-corrected chi connectivity index (χ1v) is 14.3. The summed E-state index contributed by atoms with van der Waals surface area (Å²) in [7, 11) is -4.36. The van der Waals surface area contributed by atoms with E-state index < -0.39 is 61.7 Å². The minimum absolute atomic E-state index is 0.167. The van der Waals surface area contributed by atoms with E-state index in [1.165, 1.54) is 26.0 Å². The Bertz CT molecular complexity index is 1310. The largest absolute Gasteiger partial charge is 0.461 e. The van der Waals surface area contributed by atoms with E-state index in [-0.39, 0.29) is 11.9 Å². The lowest BCUT2D eigenvalue weighted by Gasteiger charge is -2.36. The van der Waals surface area contributed by atoms with Crippen LogP contribution in [-0.4, -0.2) is 62.3 Å². The molecule has 14 heteroatoms. The van der Waals surface area contributed by atoms with E-state index in [4.69, 9.17) is 18.5 Å². The van der Waals surface area contributed by atoms with Crippen molar-refractivity contribution in [2.75, 3.05) is 13.2 Å². The van der Waals surface area contributed by atoms with E-state index >= 15 is 0 Å². The fourth-order valence-corrected chi connectivity index (χ4v) is 6.09. The summed E-state index contributed by atoms with van der Waals surface area (Å²) < 4.78 is 37.0. The lowest BCUT2D eigenvalue weighted by atomic mass is 9.86. The van der Waals surface area contributed by atoms with Crippen LogP contribution in [0.15, 0.2) is 52.2 Å². The number of hydrogen-bond acceptors (Lipinski definition) is 10. The lowest BCUT2D eigenvalue weighted by Crippen LogP contribution is -2.57. The van der Waals surface area contributed by atoms with Gasteiger partial charge in [0.15, 0.2) is 6.23 Å². The van der Waals surface area contributed by atoms with Crippen LogP contribution in [0.5, 0.6) is 5.75 Å². The van der Waals surface area contributed by atoms with Crippen LogP contribution in [0.25, 0.3) is 0 Å². The highest BCUT2D eigenvalue weighted by atomic mass is 31.2. The van der Waals surface area contributed by atoms with Crippen LogP contribution in [0, 0.1) is 0 Å². The van der Waals surface area contributed by atoms with Crippen molar-refractivity contribution in [2.45, 2.75) is 75.5 Å². The van der Waals surface area contributed by atoms with Crippen LogP contribution >= 0.6 is 7.75 Å². The van der Waals surface area contributed by atoms with E-state index in [0.29, 0.717) is 0 Å². The predicted octanol–water partition coefficient (Wildman–Crippen LogP) is 1.61. The lowest BCUT2D eigenvalue weighted by molar-refractivity contribution is -0.154. The van der Waals surface area contributed by atoms with Crippen molar-refractivity contribution < 1.29 is 38.1 Å². The zero-order valence-electron chi connectivity index (χ0n) is 21.8. The van der Waals surface area contributed by atoms with Gasteiger partial charge in [0.05, 0.1) is 13.2 Å². The van der Waals surface area contributed by atoms with Crippen LogP contribution in [0.4, 0.5) is 0 Å². The van der Waals surface area contributed by atoms with Gasteiger partial charge in [-0.2, -0.15) is 5.09 Å². The first-order chi connectivity index (χ1) is 18.4. The summed E-state index contributed by atoms with van der Waals surface area (Å²) in [6.07, 6.45) is 4.04. The van der Waals surface area contributed by atoms with Gasteiger partial charge in [0.25, 0.3) is 5.56 Å². The Morgan fingerprint density at radius 1 is 1.21 bits per heavy atom. The summed E-state index contributed by atoms with van der Waals surface area (Å²) >= 11 is 0. The van der Waals surface area contributed by atoms with Crippen molar-refractivity contribution in [2.24, 2.45) is 0 Å². The highest BCUT2D eigenvalue weighted by Crippen LogP contribution is 2.48. The maximum atomic E-state index is 13.9. The molecule has 1 aliphatic carbocycles. The zero-order valence-corrected chi connectivity index (χ0v) is 22.7. The highest BCUT2D eigenvalue weighted by Gasteiger charge is 2.59. The fourth-order valence-electron chi connectivity index (χ4n) is 4.55. The van der Waals surface area contributed by atoms with E-state index in [0.717, 1.165) is 48.9 Å². The van der Waals surface area contributed by atoms with Gasteiger partial charge in [-0.1, -0.05) is 24.6 Å². The zero-order chi connectivity index (χ0) is 28.3. The third-order valence-electron chi connectivity index (χ3n) is 6.99. The number of esters is 1. The predicted molar refractivity (Wildman–Crippen MR) is 138 cm³/mol. The minimum Gasteiger partial charge on any atom is -0.461 e. The summed E-state index contributed by atoms with van der Waals surface area (Å²) in [6.45, 7) is 1.39. The van der Waals surface area contributed by atoms with Crippen molar-refractivity contribution in [1.29, 1.82) is 0 Å². The molecule has 2 aromatic rings. The molecule has 5 atom stereocenters. The number of carbonyl (C=O) groups is 1. The first-order valence-electron chi connectivity index (χ1n) is 12.8. The van der Waals surface area contributed by atoms with Crippen molar-refractivity contribution in [3.63, 3.8) is 0 Å². The van der Waals surface area contributed by atoms with E-state index in [1.54, 1.807) is 18.2 Å². The van der Waals surface area contributed by atoms with Crippen molar-refractivity contribution in [3.8, 4) is 5.75 Å². The number of para-hydroxylation sites is 1. The first kappa shape index (κ1) is 29.2. The molecule has 39 heavy (non-hydrogen) atoms. The van der Waals surface area contributed by atoms with Gasteiger partial charge in [0.1, 0.15) is 29.1 Å². The number of benzene rings is 1. The van der Waals surface area contributed by atoms with Crippen molar-refractivity contribution >= 4 is 13.7 Å². The molecule has 3 unspecified atom stereocenters. The Kier molecular flexibility index (Phi) is 8.79. The molecular weight excluding hydrogens is 533 g/mol. The Labute approximate surface area is 224 Å². The second kappa shape index (κ2) is 11.7.